The van der Waals surface area contributed by atoms with Gasteiger partial charge in [-0.1, -0.05) is 30.3 Å². The van der Waals surface area contributed by atoms with Crippen molar-refractivity contribution in [1.82, 2.24) is 9.55 Å². The molecule has 0 aliphatic heterocycles. The second kappa shape index (κ2) is 7.52. The Balaban J connectivity index is 1.92. The minimum atomic E-state index is -1.29. The lowest BCUT2D eigenvalue weighted by Gasteiger charge is -2.18. The lowest BCUT2D eigenvalue weighted by Crippen LogP contribution is -2.46. The molecule has 0 saturated carbocycles. The Hall–Kier alpha value is -2.71. The molecule has 0 spiro atoms. The number of carbonyl (C=O) groups excluding carboxylic acids is 1. The van der Waals surface area contributed by atoms with Crippen molar-refractivity contribution < 1.29 is 14.6 Å². The van der Waals surface area contributed by atoms with Gasteiger partial charge in [-0.15, -0.1) is 0 Å². The summed E-state index contributed by atoms with van der Waals surface area (Å²) < 4.78 is 6.17. The minimum absolute atomic E-state index is 0.0590. The van der Waals surface area contributed by atoms with Crippen LogP contribution in [0, 0.1) is 0 Å². The summed E-state index contributed by atoms with van der Waals surface area (Å²) in [5, 5.41) is 9.99. The molecule has 122 valence electrons. The molecule has 0 bridgehead atoms. The van der Waals surface area contributed by atoms with E-state index in [1.165, 1.54) is 12.3 Å². The number of benzene rings is 1. The van der Waals surface area contributed by atoms with E-state index in [0.29, 0.717) is 0 Å². The highest BCUT2D eigenvalue weighted by Crippen LogP contribution is 2.04. The molecule has 2 rings (SSSR count). The zero-order valence-corrected chi connectivity index (χ0v) is 12.3. The molecule has 0 fully saturated rings. The number of aliphatic hydroxyl groups excluding tert-OH is 1. The first-order valence-electron chi connectivity index (χ1n) is 6.94. The van der Waals surface area contributed by atoms with Crippen molar-refractivity contribution >= 4 is 11.8 Å². The lowest BCUT2D eigenvalue weighted by atomic mass is 10.1. The third kappa shape index (κ3) is 4.63. The predicted octanol–water partition coefficient (Wildman–Crippen LogP) is -0.743. The van der Waals surface area contributed by atoms with Crippen LogP contribution in [0.4, 0.5) is 5.82 Å². The van der Waals surface area contributed by atoms with Gasteiger partial charge < -0.3 is 21.3 Å². The highest BCUT2D eigenvalue weighted by molar-refractivity contribution is 5.76. The molecule has 2 aromatic rings. The number of carbonyl (C=O) groups is 1. The largest absolute Gasteiger partial charge is 0.460 e. The quantitative estimate of drug-likeness (QED) is 0.597. The third-order valence-corrected chi connectivity index (χ3v) is 3.19. The Morgan fingerprint density at radius 3 is 2.65 bits per heavy atom. The molecular weight excluding hydrogens is 300 g/mol. The average molecular weight is 318 g/mol. The maximum atomic E-state index is 11.9. The van der Waals surface area contributed by atoms with Crippen LogP contribution in [0.5, 0.6) is 0 Å². The van der Waals surface area contributed by atoms with E-state index in [4.69, 9.17) is 16.2 Å². The predicted molar refractivity (Wildman–Crippen MR) is 83.1 cm³/mol. The molecule has 0 radical (unpaired) electrons. The van der Waals surface area contributed by atoms with Crippen molar-refractivity contribution in [3.63, 3.8) is 0 Å². The summed E-state index contributed by atoms with van der Waals surface area (Å²) in [6, 6.07) is 9.22. The Labute approximate surface area is 132 Å². The Bertz CT molecular complexity index is 717. The summed E-state index contributed by atoms with van der Waals surface area (Å²) in [4.78, 5) is 27.0. The maximum Gasteiger partial charge on any atom is 0.349 e. The molecule has 1 heterocycles. The molecule has 0 unspecified atom stereocenters. The number of anilines is 1. The first-order valence-corrected chi connectivity index (χ1v) is 6.94. The van der Waals surface area contributed by atoms with Gasteiger partial charge in [0.25, 0.3) is 0 Å². The molecular formula is C15H18N4O4. The number of nitrogens with two attached hydrogens (primary N) is 2. The van der Waals surface area contributed by atoms with Crippen molar-refractivity contribution in [3.8, 4) is 0 Å². The number of nitrogen functional groups attached to an aromatic ring is 1. The number of hydrogen-bond donors (Lipinski definition) is 3. The standard InChI is InChI=1S/C15H18N4O4/c16-12-6-7-19(15(22)18-12)8-11(20)13(17)14(21)23-9-10-4-2-1-3-5-10/h1-7,11,13,20H,8-9,17H2,(H2,16,18,22)/t11-,13+/m1/s1. The summed E-state index contributed by atoms with van der Waals surface area (Å²) in [6.45, 7) is -0.128. The number of aromatic nitrogens is 2. The van der Waals surface area contributed by atoms with E-state index in [0.717, 1.165) is 10.1 Å². The second-order valence-electron chi connectivity index (χ2n) is 4.97. The van der Waals surface area contributed by atoms with E-state index >= 15 is 0 Å². The molecule has 8 nitrogen and oxygen atoms in total. The second-order valence-corrected chi connectivity index (χ2v) is 4.97. The van der Waals surface area contributed by atoms with Gasteiger partial charge in [-0.3, -0.25) is 9.36 Å². The number of rotatable bonds is 6. The van der Waals surface area contributed by atoms with Crippen molar-refractivity contribution in [2.75, 3.05) is 5.73 Å². The van der Waals surface area contributed by atoms with Crippen LogP contribution in [-0.4, -0.2) is 32.8 Å². The molecule has 0 saturated heterocycles. The smallest absolute Gasteiger partial charge is 0.349 e. The average Bonchev–Trinajstić information content (AvgIpc) is 2.55. The monoisotopic (exact) mass is 318 g/mol. The van der Waals surface area contributed by atoms with Gasteiger partial charge in [0, 0.05) is 6.20 Å². The normalized spacial score (nSPS) is 13.3. The maximum absolute atomic E-state index is 11.9. The van der Waals surface area contributed by atoms with Crippen LogP contribution in [-0.2, 0) is 22.7 Å². The van der Waals surface area contributed by atoms with Crippen molar-refractivity contribution in [1.29, 1.82) is 0 Å². The molecule has 5 N–H and O–H groups in total. The van der Waals surface area contributed by atoms with Crippen LogP contribution < -0.4 is 17.2 Å². The fraction of sp³-hybridized carbons (Fsp3) is 0.267. The Morgan fingerprint density at radius 2 is 2.00 bits per heavy atom. The van der Waals surface area contributed by atoms with Crippen molar-refractivity contribution in [3.05, 3.63) is 58.6 Å². The van der Waals surface area contributed by atoms with Crippen LogP contribution in [0.15, 0.2) is 47.4 Å². The Morgan fingerprint density at radius 1 is 1.30 bits per heavy atom. The van der Waals surface area contributed by atoms with E-state index in [1.54, 1.807) is 12.1 Å². The summed E-state index contributed by atoms with van der Waals surface area (Å²) >= 11 is 0. The van der Waals surface area contributed by atoms with Gasteiger partial charge in [0.05, 0.1) is 12.6 Å². The summed E-state index contributed by atoms with van der Waals surface area (Å²) in [7, 11) is 0. The molecule has 1 aromatic carbocycles. The highest BCUT2D eigenvalue weighted by atomic mass is 16.5. The van der Waals surface area contributed by atoms with Gasteiger partial charge in [-0.25, -0.2) is 4.79 Å². The number of esters is 1. The van der Waals surface area contributed by atoms with Gasteiger partial charge in [-0.2, -0.15) is 4.98 Å². The van der Waals surface area contributed by atoms with Crippen LogP contribution in [0.3, 0.4) is 0 Å². The van der Waals surface area contributed by atoms with Crippen LogP contribution in [0.1, 0.15) is 5.56 Å². The molecule has 8 heteroatoms. The van der Waals surface area contributed by atoms with E-state index < -0.39 is 23.8 Å². The van der Waals surface area contributed by atoms with Gasteiger partial charge in [0.15, 0.2) is 0 Å². The molecule has 23 heavy (non-hydrogen) atoms. The van der Waals surface area contributed by atoms with E-state index in [2.05, 4.69) is 4.98 Å². The highest BCUT2D eigenvalue weighted by Gasteiger charge is 2.25. The molecule has 2 atom stereocenters. The summed E-state index contributed by atoms with van der Waals surface area (Å²) in [5.74, 6) is -0.676. The molecule has 1 aromatic heterocycles. The molecule has 0 amide bonds. The zero-order valence-electron chi connectivity index (χ0n) is 12.3. The molecule has 0 aliphatic rings. The number of hydrogen-bond acceptors (Lipinski definition) is 7. The van der Waals surface area contributed by atoms with Crippen LogP contribution in [0.2, 0.25) is 0 Å². The van der Waals surface area contributed by atoms with Gasteiger partial charge >= 0.3 is 11.7 Å². The van der Waals surface area contributed by atoms with Crippen molar-refractivity contribution in [2.24, 2.45) is 5.73 Å². The first kappa shape index (κ1) is 16.7. The van der Waals surface area contributed by atoms with E-state index in [-0.39, 0.29) is 19.0 Å². The Kier molecular flexibility index (Phi) is 5.45. The van der Waals surface area contributed by atoms with Gasteiger partial charge in [0.1, 0.15) is 18.5 Å². The first-order chi connectivity index (χ1) is 11.0. The fourth-order valence-electron chi connectivity index (χ4n) is 1.88. The van der Waals surface area contributed by atoms with Crippen LogP contribution in [0.25, 0.3) is 0 Å². The summed E-state index contributed by atoms with van der Waals surface area (Å²) in [6.07, 6.45) is 0.0806. The molecule has 0 aliphatic carbocycles. The third-order valence-electron chi connectivity index (χ3n) is 3.19. The zero-order chi connectivity index (χ0) is 16.8. The number of aliphatic hydroxyl groups is 1. The van der Waals surface area contributed by atoms with E-state index in [1.807, 2.05) is 18.2 Å². The number of ether oxygens (including phenoxy) is 1. The SMILES string of the molecule is Nc1ccn(C[C@@H](O)[C@H](N)C(=O)OCc2ccccc2)c(=O)n1. The fourth-order valence-corrected chi connectivity index (χ4v) is 1.88. The van der Waals surface area contributed by atoms with Crippen LogP contribution >= 0.6 is 0 Å². The summed E-state index contributed by atoms with van der Waals surface area (Å²) in [5.41, 5.74) is 11.2. The lowest BCUT2D eigenvalue weighted by molar-refractivity contribution is -0.149. The van der Waals surface area contributed by atoms with Gasteiger partial charge in [-0.05, 0) is 11.6 Å². The minimum Gasteiger partial charge on any atom is -0.460 e. The van der Waals surface area contributed by atoms with Crippen molar-refractivity contribution in [2.45, 2.75) is 25.3 Å². The number of nitrogens with zero attached hydrogens (tertiary/aromatic N) is 2. The van der Waals surface area contributed by atoms with E-state index in [9.17, 15) is 14.7 Å². The topological polar surface area (TPSA) is 133 Å². The van der Waals surface area contributed by atoms with Gasteiger partial charge in [0.2, 0.25) is 0 Å².